The number of carbonyl (C=O) groups excluding carboxylic acids is 1. The van der Waals surface area contributed by atoms with Crippen LogP contribution >= 0.6 is 11.3 Å². The summed E-state index contributed by atoms with van der Waals surface area (Å²) in [5.74, 6) is 5.33. The van der Waals surface area contributed by atoms with Crippen LogP contribution in [0.3, 0.4) is 0 Å². The first-order valence-electron chi connectivity index (χ1n) is 5.31. The van der Waals surface area contributed by atoms with Gasteiger partial charge in [-0.05, 0) is 11.4 Å². The lowest BCUT2D eigenvalue weighted by Crippen LogP contribution is -1.96. The molecule has 0 atom stereocenters. The Morgan fingerprint density at radius 1 is 1.47 bits per heavy atom. The van der Waals surface area contributed by atoms with Crippen LogP contribution in [-0.4, -0.2) is 20.9 Å². The summed E-state index contributed by atoms with van der Waals surface area (Å²) in [6, 6.07) is 3.77. The Morgan fingerprint density at radius 3 is 3.05 bits per heavy atom. The third-order valence-corrected chi connectivity index (χ3v) is 3.26. The fourth-order valence-corrected chi connectivity index (χ4v) is 2.37. The molecule has 3 aromatic rings. The average molecular weight is 272 g/mol. The Labute approximate surface area is 111 Å². The Morgan fingerprint density at radius 2 is 2.37 bits per heavy atom. The van der Waals surface area contributed by atoms with Crippen molar-refractivity contribution in [1.82, 2.24) is 14.6 Å². The summed E-state index contributed by atoms with van der Waals surface area (Å²) in [6.07, 6.45) is 2.06. The highest BCUT2D eigenvalue weighted by Gasteiger charge is 2.12. The summed E-state index contributed by atoms with van der Waals surface area (Å²) in [7, 11) is 0. The van der Waals surface area contributed by atoms with Crippen molar-refractivity contribution < 1.29 is 4.79 Å². The van der Waals surface area contributed by atoms with E-state index in [2.05, 4.69) is 20.4 Å². The normalized spacial score (nSPS) is 11.4. The second-order valence-electron chi connectivity index (χ2n) is 3.68. The van der Waals surface area contributed by atoms with Crippen molar-refractivity contribution in [1.29, 1.82) is 0 Å². The number of aldehydes is 1. The van der Waals surface area contributed by atoms with Crippen molar-refractivity contribution in [2.45, 2.75) is 0 Å². The highest BCUT2D eigenvalue weighted by Crippen LogP contribution is 2.25. The molecule has 0 unspecified atom stereocenters. The summed E-state index contributed by atoms with van der Waals surface area (Å²) in [4.78, 5) is 15.1. The van der Waals surface area contributed by atoms with E-state index in [1.807, 2.05) is 22.9 Å². The predicted octanol–water partition coefficient (Wildman–Crippen LogP) is 2.23. The molecule has 3 heterocycles. The number of hydrogen-bond acceptors (Lipinski definition) is 6. The SMILES string of the molecule is NN=Nc1c(C=O)cnc2cc(-c3ccsc3)nn12. The lowest BCUT2D eigenvalue weighted by Gasteiger charge is -1.99. The van der Waals surface area contributed by atoms with Crippen molar-refractivity contribution in [3.8, 4) is 11.3 Å². The molecule has 0 aromatic carbocycles. The van der Waals surface area contributed by atoms with E-state index in [0.29, 0.717) is 11.9 Å². The third-order valence-electron chi connectivity index (χ3n) is 2.58. The van der Waals surface area contributed by atoms with Gasteiger partial charge in [0.1, 0.15) is 0 Å². The molecule has 0 radical (unpaired) electrons. The third kappa shape index (κ3) is 1.87. The number of nitrogens with zero attached hydrogens (tertiary/aromatic N) is 5. The highest BCUT2D eigenvalue weighted by molar-refractivity contribution is 7.08. The Balaban J connectivity index is 2.28. The van der Waals surface area contributed by atoms with Crippen LogP contribution in [-0.2, 0) is 0 Å². The minimum Gasteiger partial charge on any atom is -0.305 e. The zero-order valence-electron chi connectivity index (χ0n) is 9.59. The van der Waals surface area contributed by atoms with Crippen LogP contribution in [0.4, 0.5) is 5.82 Å². The number of thiophene rings is 1. The van der Waals surface area contributed by atoms with Gasteiger partial charge in [-0.1, -0.05) is 5.22 Å². The maximum absolute atomic E-state index is 11.0. The van der Waals surface area contributed by atoms with Crippen molar-refractivity contribution in [2.24, 2.45) is 16.2 Å². The molecule has 0 fully saturated rings. The van der Waals surface area contributed by atoms with Gasteiger partial charge in [0.2, 0.25) is 0 Å². The van der Waals surface area contributed by atoms with Gasteiger partial charge in [0.15, 0.2) is 17.8 Å². The molecule has 2 N–H and O–H groups in total. The standard InChI is InChI=1S/C11H8N6OS/c12-16-14-11-8(5-18)4-13-10-3-9(15-17(10)11)7-1-2-19-6-7/h1-6H,(H2,12,14). The number of hydrogen-bond donors (Lipinski definition) is 1. The minimum atomic E-state index is 0.268. The Bertz CT molecular complexity index is 761. The molecule has 8 heteroatoms. The molecule has 3 rings (SSSR count). The first kappa shape index (κ1) is 11.5. The molecule has 0 aliphatic heterocycles. The molecule has 0 saturated heterocycles. The number of rotatable bonds is 3. The lowest BCUT2D eigenvalue weighted by molar-refractivity contribution is 0.112. The fraction of sp³-hybridized carbons (Fsp3) is 0. The summed E-state index contributed by atoms with van der Waals surface area (Å²) < 4.78 is 1.45. The van der Waals surface area contributed by atoms with Gasteiger partial charge in [-0.15, -0.1) is 5.11 Å². The van der Waals surface area contributed by atoms with E-state index in [4.69, 9.17) is 5.84 Å². The summed E-state index contributed by atoms with van der Waals surface area (Å²) in [5, 5.41) is 15.3. The van der Waals surface area contributed by atoms with Gasteiger partial charge in [0.25, 0.3) is 0 Å². The van der Waals surface area contributed by atoms with E-state index in [-0.39, 0.29) is 11.4 Å². The van der Waals surface area contributed by atoms with Crippen molar-refractivity contribution in [2.75, 3.05) is 0 Å². The van der Waals surface area contributed by atoms with Gasteiger partial charge in [-0.25, -0.2) is 4.98 Å². The second-order valence-corrected chi connectivity index (χ2v) is 4.46. The second kappa shape index (κ2) is 4.58. The Hall–Kier alpha value is -2.61. The first-order chi connectivity index (χ1) is 9.33. The van der Waals surface area contributed by atoms with Crippen LogP contribution in [0.2, 0.25) is 0 Å². The van der Waals surface area contributed by atoms with Crippen LogP contribution in [0, 0.1) is 0 Å². The van der Waals surface area contributed by atoms with Crippen molar-refractivity contribution in [3.05, 3.63) is 34.7 Å². The maximum atomic E-state index is 11.0. The van der Waals surface area contributed by atoms with Crippen LogP contribution < -0.4 is 5.84 Å². The first-order valence-corrected chi connectivity index (χ1v) is 6.25. The molecule has 94 valence electrons. The lowest BCUT2D eigenvalue weighted by atomic mass is 10.2. The largest absolute Gasteiger partial charge is 0.305 e. The molecule has 0 spiro atoms. The zero-order valence-corrected chi connectivity index (χ0v) is 10.4. The molecule has 0 aliphatic carbocycles. The summed E-state index contributed by atoms with van der Waals surface area (Å²) >= 11 is 1.58. The molecule has 0 saturated carbocycles. The minimum absolute atomic E-state index is 0.268. The van der Waals surface area contributed by atoms with Crippen molar-refractivity contribution in [3.63, 3.8) is 0 Å². The van der Waals surface area contributed by atoms with Gasteiger partial charge in [0, 0.05) is 23.2 Å². The van der Waals surface area contributed by atoms with E-state index in [1.54, 1.807) is 11.3 Å². The maximum Gasteiger partial charge on any atom is 0.191 e. The fourth-order valence-electron chi connectivity index (χ4n) is 1.72. The van der Waals surface area contributed by atoms with E-state index >= 15 is 0 Å². The van der Waals surface area contributed by atoms with Gasteiger partial charge >= 0.3 is 0 Å². The molecular weight excluding hydrogens is 264 g/mol. The number of fused-ring (bicyclic) bond motifs is 1. The van der Waals surface area contributed by atoms with E-state index < -0.39 is 0 Å². The van der Waals surface area contributed by atoms with Crippen molar-refractivity contribution >= 4 is 29.1 Å². The van der Waals surface area contributed by atoms with Crippen LogP contribution in [0.5, 0.6) is 0 Å². The monoisotopic (exact) mass is 272 g/mol. The molecule has 0 amide bonds. The van der Waals surface area contributed by atoms with E-state index in [0.717, 1.165) is 11.3 Å². The number of carbonyl (C=O) groups is 1. The molecule has 3 aromatic heterocycles. The van der Waals surface area contributed by atoms with Crippen LogP contribution in [0.1, 0.15) is 10.4 Å². The molecule has 0 aliphatic rings. The molecule has 0 bridgehead atoms. The van der Waals surface area contributed by atoms with E-state index in [1.165, 1.54) is 10.7 Å². The molecular formula is C11H8N6OS. The zero-order chi connectivity index (χ0) is 13.2. The smallest absolute Gasteiger partial charge is 0.191 e. The highest BCUT2D eigenvalue weighted by atomic mass is 32.1. The summed E-state index contributed by atoms with van der Waals surface area (Å²) in [5.41, 5.74) is 2.60. The Kier molecular flexibility index (Phi) is 2.76. The number of aromatic nitrogens is 3. The van der Waals surface area contributed by atoms with Gasteiger partial charge in [0.05, 0.1) is 11.3 Å². The van der Waals surface area contributed by atoms with Crippen LogP contribution in [0.25, 0.3) is 16.9 Å². The predicted molar refractivity (Wildman–Crippen MR) is 70.4 cm³/mol. The average Bonchev–Trinajstić information content (AvgIpc) is 3.08. The summed E-state index contributed by atoms with van der Waals surface area (Å²) in [6.45, 7) is 0. The van der Waals surface area contributed by atoms with E-state index in [9.17, 15) is 4.79 Å². The molecule has 7 nitrogen and oxygen atoms in total. The molecule has 19 heavy (non-hydrogen) atoms. The number of nitrogens with two attached hydrogens (primary N) is 1. The van der Waals surface area contributed by atoms with Gasteiger partial charge in [-0.2, -0.15) is 21.0 Å². The van der Waals surface area contributed by atoms with Gasteiger partial charge in [-0.3, -0.25) is 4.79 Å². The topological polar surface area (TPSA) is 98.0 Å². The van der Waals surface area contributed by atoms with Crippen LogP contribution in [0.15, 0.2) is 39.4 Å². The quantitative estimate of drug-likeness (QED) is 0.342. The van der Waals surface area contributed by atoms with Gasteiger partial charge < -0.3 is 5.84 Å².